The van der Waals surface area contributed by atoms with E-state index < -0.39 is 0 Å². The molecule has 1 amide bonds. The number of nitrogens with one attached hydrogen (secondary N) is 1. The van der Waals surface area contributed by atoms with E-state index in [1.54, 1.807) is 21.3 Å². The number of hydrogen-bond acceptors (Lipinski definition) is 6. The Morgan fingerprint density at radius 3 is 2.41 bits per heavy atom. The Morgan fingerprint density at radius 1 is 1.06 bits per heavy atom. The molecule has 0 aliphatic carbocycles. The predicted octanol–water partition coefficient (Wildman–Crippen LogP) is 4.32. The molecule has 34 heavy (non-hydrogen) atoms. The summed E-state index contributed by atoms with van der Waals surface area (Å²) in [5.74, 6) is 1.67. The van der Waals surface area contributed by atoms with Crippen molar-refractivity contribution in [2.45, 2.75) is 46.1 Å². The molecule has 0 fully saturated rings. The lowest BCUT2D eigenvalue weighted by Crippen LogP contribution is -2.25. The van der Waals surface area contributed by atoms with Crippen LogP contribution >= 0.6 is 0 Å². The zero-order valence-corrected chi connectivity index (χ0v) is 20.6. The molecule has 0 bridgehead atoms. The third-order valence-electron chi connectivity index (χ3n) is 6.13. The van der Waals surface area contributed by atoms with Crippen molar-refractivity contribution in [1.82, 2.24) is 5.32 Å². The molecule has 7 heteroatoms. The Labute approximate surface area is 201 Å². The average Bonchev–Trinajstić information content (AvgIpc) is 3.23. The van der Waals surface area contributed by atoms with Gasteiger partial charge in [-0.2, -0.15) is 0 Å². The van der Waals surface area contributed by atoms with E-state index in [-0.39, 0.29) is 18.5 Å². The zero-order chi connectivity index (χ0) is 24.7. The summed E-state index contributed by atoms with van der Waals surface area (Å²) in [5.41, 5.74) is 5.22. The standard InChI is InChI=1S/C27H33NO6/c1-17(7-13-23(29)28-15-14-19-8-10-20(31-3)11-9-19)6-12-21-25(32-4)18(2)22-16-34-27(30)24(22)26(21)33-5/h6,8-11H,7,12-16H2,1-5H3,(H,28,29)/b17-6+. The Kier molecular flexibility index (Phi) is 8.57. The minimum Gasteiger partial charge on any atom is -0.497 e. The van der Waals surface area contributed by atoms with Crippen LogP contribution in [0.15, 0.2) is 35.9 Å². The number of carbonyl (C=O) groups excluding carboxylic acids is 2. The highest BCUT2D eigenvalue weighted by Gasteiger charge is 2.32. The molecule has 0 atom stereocenters. The molecule has 0 unspecified atom stereocenters. The molecular formula is C27H33NO6. The van der Waals surface area contributed by atoms with Crippen molar-refractivity contribution in [2.24, 2.45) is 0 Å². The first-order chi connectivity index (χ1) is 16.4. The summed E-state index contributed by atoms with van der Waals surface area (Å²) in [6.45, 7) is 4.75. The number of carbonyl (C=O) groups is 2. The largest absolute Gasteiger partial charge is 0.497 e. The molecule has 182 valence electrons. The summed E-state index contributed by atoms with van der Waals surface area (Å²) >= 11 is 0. The second-order valence-corrected chi connectivity index (χ2v) is 8.30. The molecule has 3 rings (SSSR count). The number of esters is 1. The van der Waals surface area contributed by atoms with Gasteiger partial charge in [0.1, 0.15) is 29.4 Å². The molecule has 0 spiro atoms. The second-order valence-electron chi connectivity index (χ2n) is 8.30. The van der Waals surface area contributed by atoms with Crippen molar-refractivity contribution in [2.75, 3.05) is 27.9 Å². The maximum Gasteiger partial charge on any atom is 0.342 e. The van der Waals surface area contributed by atoms with Crippen molar-refractivity contribution < 1.29 is 28.5 Å². The van der Waals surface area contributed by atoms with E-state index >= 15 is 0 Å². The highest BCUT2D eigenvalue weighted by atomic mass is 16.5. The molecule has 1 aliphatic rings. The lowest BCUT2D eigenvalue weighted by molar-refractivity contribution is -0.121. The summed E-state index contributed by atoms with van der Waals surface area (Å²) < 4.78 is 21.6. The molecule has 0 radical (unpaired) electrons. The van der Waals surface area contributed by atoms with Crippen LogP contribution in [0, 0.1) is 6.92 Å². The molecule has 0 saturated heterocycles. The third-order valence-corrected chi connectivity index (χ3v) is 6.13. The van der Waals surface area contributed by atoms with Gasteiger partial charge in [-0.25, -0.2) is 4.79 Å². The highest BCUT2D eigenvalue weighted by molar-refractivity contribution is 5.98. The number of hydrogen-bond donors (Lipinski definition) is 1. The second kappa shape index (κ2) is 11.6. The number of rotatable bonds is 11. The summed E-state index contributed by atoms with van der Waals surface area (Å²) in [6, 6.07) is 7.84. The first-order valence-corrected chi connectivity index (χ1v) is 11.4. The normalized spacial score (nSPS) is 12.7. The van der Waals surface area contributed by atoms with Gasteiger partial charge >= 0.3 is 5.97 Å². The maximum absolute atomic E-state index is 12.3. The van der Waals surface area contributed by atoms with Gasteiger partial charge in [0.2, 0.25) is 5.91 Å². The third kappa shape index (κ3) is 5.71. The van der Waals surface area contributed by atoms with Crippen LogP contribution in [0.25, 0.3) is 0 Å². The lowest BCUT2D eigenvalue weighted by atomic mass is 9.94. The smallest absolute Gasteiger partial charge is 0.342 e. The Hall–Kier alpha value is -3.48. The van der Waals surface area contributed by atoms with Crippen LogP contribution in [0.2, 0.25) is 0 Å². The Morgan fingerprint density at radius 2 is 1.76 bits per heavy atom. The quantitative estimate of drug-likeness (QED) is 0.392. The fourth-order valence-electron chi connectivity index (χ4n) is 4.15. The van der Waals surface area contributed by atoms with Gasteiger partial charge in [0.15, 0.2) is 0 Å². The van der Waals surface area contributed by atoms with Crippen molar-refractivity contribution in [1.29, 1.82) is 0 Å². The van der Waals surface area contributed by atoms with Gasteiger partial charge in [-0.05, 0) is 56.4 Å². The molecule has 1 N–H and O–H groups in total. The summed E-state index contributed by atoms with van der Waals surface area (Å²) in [6.07, 6.45) is 4.40. The van der Waals surface area contributed by atoms with E-state index in [4.69, 9.17) is 18.9 Å². The molecule has 1 heterocycles. The maximum atomic E-state index is 12.3. The zero-order valence-electron chi connectivity index (χ0n) is 20.6. The van der Waals surface area contributed by atoms with Gasteiger partial charge in [-0.1, -0.05) is 23.8 Å². The summed E-state index contributed by atoms with van der Waals surface area (Å²) in [4.78, 5) is 24.5. The van der Waals surface area contributed by atoms with E-state index in [2.05, 4.69) is 11.4 Å². The van der Waals surface area contributed by atoms with Crippen molar-refractivity contribution in [3.05, 3.63) is 63.7 Å². The van der Waals surface area contributed by atoms with Gasteiger partial charge in [0.25, 0.3) is 0 Å². The molecule has 7 nitrogen and oxygen atoms in total. The van der Waals surface area contributed by atoms with Crippen LogP contribution in [0.4, 0.5) is 0 Å². The van der Waals surface area contributed by atoms with E-state index in [0.717, 1.165) is 40.0 Å². The van der Waals surface area contributed by atoms with Gasteiger partial charge in [-0.3, -0.25) is 4.79 Å². The number of fused-ring (bicyclic) bond motifs is 1. The molecule has 0 saturated carbocycles. The number of cyclic esters (lactones) is 1. The van der Waals surface area contributed by atoms with E-state index in [1.165, 1.54) is 0 Å². The van der Waals surface area contributed by atoms with Crippen molar-refractivity contribution in [3.63, 3.8) is 0 Å². The first kappa shape index (κ1) is 25.1. The number of ether oxygens (including phenoxy) is 4. The number of allylic oxidation sites excluding steroid dienone is 2. The van der Waals surface area contributed by atoms with Crippen LogP contribution in [0.3, 0.4) is 0 Å². The van der Waals surface area contributed by atoms with Gasteiger partial charge in [-0.15, -0.1) is 0 Å². The van der Waals surface area contributed by atoms with Crippen LogP contribution in [-0.4, -0.2) is 39.8 Å². The molecule has 2 aromatic rings. The van der Waals surface area contributed by atoms with Crippen molar-refractivity contribution in [3.8, 4) is 17.2 Å². The SMILES string of the molecule is COc1ccc(CCNC(=O)CC/C(C)=C/Cc2c(OC)c(C)c3c(c2OC)C(=O)OC3)cc1. The van der Waals surface area contributed by atoms with E-state index in [9.17, 15) is 9.59 Å². The summed E-state index contributed by atoms with van der Waals surface area (Å²) in [5, 5.41) is 2.98. The topological polar surface area (TPSA) is 83.1 Å². The Balaban J connectivity index is 1.57. The van der Waals surface area contributed by atoms with Gasteiger partial charge in [0, 0.05) is 24.1 Å². The predicted molar refractivity (Wildman–Crippen MR) is 130 cm³/mol. The highest BCUT2D eigenvalue weighted by Crippen LogP contribution is 2.42. The average molecular weight is 468 g/mol. The lowest BCUT2D eigenvalue weighted by Gasteiger charge is -2.18. The van der Waals surface area contributed by atoms with Crippen LogP contribution in [-0.2, 0) is 29.0 Å². The minimum absolute atomic E-state index is 0.0209. The van der Waals surface area contributed by atoms with Crippen LogP contribution in [0.1, 0.15) is 52.4 Å². The molecular weight excluding hydrogens is 434 g/mol. The number of amides is 1. The first-order valence-electron chi connectivity index (χ1n) is 11.4. The van der Waals surface area contributed by atoms with Crippen LogP contribution < -0.4 is 19.5 Å². The number of methoxy groups -OCH3 is 3. The number of benzene rings is 2. The van der Waals surface area contributed by atoms with E-state index in [0.29, 0.717) is 42.9 Å². The monoisotopic (exact) mass is 467 g/mol. The molecule has 0 aromatic heterocycles. The molecule has 1 aliphatic heterocycles. The minimum atomic E-state index is -0.370. The summed E-state index contributed by atoms with van der Waals surface area (Å²) in [7, 11) is 4.80. The fourth-order valence-corrected chi connectivity index (χ4v) is 4.15. The van der Waals surface area contributed by atoms with Crippen molar-refractivity contribution >= 4 is 11.9 Å². The Bertz CT molecular complexity index is 1070. The van der Waals surface area contributed by atoms with Gasteiger partial charge in [0.05, 0.1) is 21.3 Å². The van der Waals surface area contributed by atoms with E-state index in [1.807, 2.05) is 38.1 Å². The molecule has 2 aromatic carbocycles. The van der Waals surface area contributed by atoms with Crippen LogP contribution in [0.5, 0.6) is 17.2 Å². The van der Waals surface area contributed by atoms with Gasteiger partial charge < -0.3 is 24.3 Å². The fraction of sp³-hybridized carbons (Fsp3) is 0.407.